The maximum Gasteiger partial charge on any atom is 0.174 e. The van der Waals surface area contributed by atoms with Crippen molar-refractivity contribution in [1.29, 1.82) is 0 Å². The van der Waals surface area contributed by atoms with Gasteiger partial charge in [-0.15, -0.1) is 0 Å². The Bertz CT molecular complexity index is 628. The van der Waals surface area contributed by atoms with Gasteiger partial charge in [0.15, 0.2) is 15.7 Å². The normalized spacial score (nSPS) is 19.6. The van der Waals surface area contributed by atoms with Gasteiger partial charge in [0.05, 0.1) is 17.1 Å². The second-order valence-electron chi connectivity index (χ2n) is 4.80. The van der Waals surface area contributed by atoms with Gasteiger partial charge >= 0.3 is 0 Å². The molecule has 20 heavy (non-hydrogen) atoms. The first-order chi connectivity index (χ1) is 9.44. The van der Waals surface area contributed by atoms with Gasteiger partial charge in [0.2, 0.25) is 0 Å². The third-order valence-electron chi connectivity index (χ3n) is 3.36. The molecule has 0 radical (unpaired) electrons. The minimum Gasteiger partial charge on any atom is -0.409 e. The molecule has 0 saturated carbocycles. The molecule has 0 unspecified atom stereocenters. The number of nitrogens with two attached hydrogens (primary N) is 1. The highest BCUT2D eigenvalue weighted by Gasteiger charge is 2.23. The Morgan fingerprint density at radius 1 is 1.45 bits per heavy atom. The zero-order valence-corrected chi connectivity index (χ0v) is 12.1. The molecule has 1 aromatic heterocycles. The fourth-order valence-corrected chi connectivity index (χ4v) is 3.57. The number of aromatic nitrogens is 1. The van der Waals surface area contributed by atoms with Gasteiger partial charge in [0.1, 0.15) is 5.82 Å². The summed E-state index contributed by atoms with van der Waals surface area (Å²) in [5.74, 6) is 0.835. The van der Waals surface area contributed by atoms with Crippen molar-refractivity contribution in [3.8, 4) is 0 Å². The second-order valence-corrected chi connectivity index (χ2v) is 7.11. The second kappa shape index (κ2) is 5.66. The maximum absolute atomic E-state index is 11.7. The number of oxime groups is 1. The van der Waals surface area contributed by atoms with Crippen LogP contribution in [0.25, 0.3) is 0 Å². The molecule has 1 aromatic rings. The predicted octanol–water partition coefficient (Wildman–Crippen LogP) is 0.109. The first kappa shape index (κ1) is 14.6. The van der Waals surface area contributed by atoms with E-state index in [1.807, 2.05) is 11.8 Å². The predicted molar refractivity (Wildman–Crippen MR) is 77.0 cm³/mol. The van der Waals surface area contributed by atoms with Crippen LogP contribution in [0.1, 0.15) is 17.5 Å². The van der Waals surface area contributed by atoms with Crippen LogP contribution in [0.4, 0.5) is 5.82 Å². The van der Waals surface area contributed by atoms with Crippen LogP contribution < -0.4 is 10.6 Å². The highest BCUT2D eigenvalue weighted by atomic mass is 32.2. The average Bonchev–Trinajstić information content (AvgIpc) is 2.58. The van der Waals surface area contributed by atoms with Crippen LogP contribution in [0, 0.1) is 6.92 Å². The molecule has 0 aromatic carbocycles. The van der Waals surface area contributed by atoms with Gasteiger partial charge in [-0.2, -0.15) is 0 Å². The summed E-state index contributed by atoms with van der Waals surface area (Å²) in [7, 11) is -2.99. The lowest BCUT2D eigenvalue weighted by atomic mass is 10.1. The first-order valence-corrected chi connectivity index (χ1v) is 8.15. The van der Waals surface area contributed by atoms with E-state index in [1.54, 1.807) is 12.3 Å². The van der Waals surface area contributed by atoms with E-state index in [2.05, 4.69) is 10.1 Å². The number of sulfone groups is 1. The van der Waals surface area contributed by atoms with Crippen molar-refractivity contribution < 1.29 is 13.6 Å². The van der Waals surface area contributed by atoms with Gasteiger partial charge in [-0.1, -0.05) is 5.16 Å². The fraction of sp³-hybridized carbons (Fsp3) is 0.500. The fourth-order valence-electron chi connectivity index (χ4n) is 2.30. The Labute approximate surface area is 118 Å². The van der Waals surface area contributed by atoms with Gasteiger partial charge in [-0.3, -0.25) is 0 Å². The molecule has 0 atom stereocenters. The molecule has 1 aliphatic heterocycles. The number of amidine groups is 1. The molecular formula is C12H18N4O3S. The van der Waals surface area contributed by atoms with Crippen molar-refractivity contribution in [1.82, 2.24) is 4.98 Å². The molecule has 0 amide bonds. The van der Waals surface area contributed by atoms with Crippen LogP contribution in [0.5, 0.6) is 0 Å². The number of nitrogens with zero attached hydrogens (tertiary/aromatic N) is 3. The molecular weight excluding hydrogens is 280 g/mol. The molecule has 2 heterocycles. The minimum absolute atomic E-state index is 0.0160. The third-order valence-corrected chi connectivity index (χ3v) is 5.07. The highest BCUT2D eigenvalue weighted by molar-refractivity contribution is 7.91. The standard InChI is InChI=1S/C12H18N4O3S/c1-9-3-4-14-12(10(9)11(13)15-17)16-5-2-7-20(18,19)8-6-16/h3-4,17H,2,5-8H2,1H3,(H2,13,15). The monoisotopic (exact) mass is 298 g/mol. The molecule has 1 saturated heterocycles. The summed E-state index contributed by atoms with van der Waals surface area (Å²) in [5, 5.41) is 11.9. The van der Waals surface area contributed by atoms with Crippen LogP contribution in [0.15, 0.2) is 17.4 Å². The van der Waals surface area contributed by atoms with Crippen LogP contribution in [0.3, 0.4) is 0 Å². The molecule has 0 aliphatic carbocycles. The highest BCUT2D eigenvalue weighted by Crippen LogP contribution is 2.22. The molecule has 1 fully saturated rings. The van der Waals surface area contributed by atoms with Crippen molar-refractivity contribution in [2.45, 2.75) is 13.3 Å². The van der Waals surface area contributed by atoms with Crippen molar-refractivity contribution in [3.63, 3.8) is 0 Å². The number of aryl methyl sites for hydroxylation is 1. The quantitative estimate of drug-likeness (QED) is 0.347. The first-order valence-electron chi connectivity index (χ1n) is 6.33. The number of rotatable bonds is 2. The molecule has 0 spiro atoms. The summed E-state index contributed by atoms with van der Waals surface area (Å²) >= 11 is 0. The van der Waals surface area contributed by atoms with Gasteiger partial charge in [-0.05, 0) is 25.0 Å². The molecule has 8 heteroatoms. The van der Waals surface area contributed by atoms with E-state index < -0.39 is 9.84 Å². The molecule has 2 rings (SSSR count). The van der Waals surface area contributed by atoms with Crippen molar-refractivity contribution in [2.24, 2.45) is 10.9 Å². The topological polar surface area (TPSA) is 109 Å². The summed E-state index contributed by atoms with van der Waals surface area (Å²) in [4.78, 5) is 6.16. The summed E-state index contributed by atoms with van der Waals surface area (Å²) in [6.45, 7) is 2.79. The van der Waals surface area contributed by atoms with Crippen LogP contribution in [-0.2, 0) is 9.84 Å². The van der Waals surface area contributed by atoms with Gasteiger partial charge in [0, 0.05) is 19.3 Å². The van der Waals surface area contributed by atoms with Crippen LogP contribution >= 0.6 is 0 Å². The molecule has 0 bridgehead atoms. The van der Waals surface area contributed by atoms with Crippen molar-refractivity contribution in [3.05, 3.63) is 23.4 Å². The molecule has 1 aliphatic rings. The van der Waals surface area contributed by atoms with Gasteiger partial charge in [0.25, 0.3) is 0 Å². The van der Waals surface area contributed by atoms with Gasteiger partial charge in [-0.25, -0.2) is 13.4 Å². The minimum atomic E-state index is -2.99. The summed E-state index contributed by atoms with van der Waals surface area (Å²) < 4.78 is 23.3. The lowest BCUT2D eigenvalue weighted by Crippen LogP contribution is -2.31. The smallest absolute Gasteiger partial charge is 0.174 e. The average molecular weight is 298 g/mol. The largest absolute Gasteiger partial charge is 0.409 e. The summed E-state index contributed by atoms with van der Waals surface area (Å²) in [6, 6.07) is 1.77. The third kappa shape index (κ3) is 3.01. The lowest BCUT2D eigenvalue weighted by molar-refractivity contribution is 0.318. The Hall–Kier alpha value is -1.83. The van der Waals surface area contributed by atoms with Crippen molar-refractivity contribution >= 4 is 21.5 Å². The number of hydrogen-bond acceptors (Lipinski definition) is 6. The van der Waals surface area contributed by atoms with Gasteiger partial charge < -0.3 is 15.8 Å². The molecule has 110 valence electrons. The zero-order valence-electron chi connectivity index (χ0n) is 11.3. The number of anilines is 1. The molecule has 3 N–H and O–H groups in total. The summed E-state index contributed by atoms with van der Waals surface area (Å²) in [6.07, 6.45) is 2.19. The zero-order chi connectivity index (χ0) is 14.8. The van der Waals surface area contributed by atoms with E-state index >= 15 is 0 Å². The van der Waals surface area contributed by atoms with Crippen LogP contribution in [-0.4, -0.2) is 49.0 Å². The number of hydrogen-bond donors (Lipinski definition) is 2. The molecule has 7 nitrogen and oxygen atoms in total. The Kier molecular flexibility index (Phi) is 4.12. The summed E-state index contributed by atoms with van der Waals surface area (Å²) in [5.41, 5.74) is 7.09. The van der Waals surface area contributed by atoms with Crippen LogP contribution in [0.2, 0.25) is 0 Å². The van der Waals surface area contributed by atoms with E-state index in [0.717, 1.165) is 5.56 Å². The van der Waals surface area contributed by atoms with E-state index in [0.29, 0.717) is 30.9 Å². The lowest BCUT2D eigenvalue weighted by Gasteiger charge is -2.24. The SMILES string of the molecule is Cc1ccnc(N2CCCS(=O)(=O)CC2)c1/C(N)=N/O. The Balaban J connectivity index is 2.40. The van der Waals surface area contributed by atoms with E-state index in [9.17, 15) is 8.42 Å². The van der Waals surface area contributed by atoms with E-state index in [-0.39, 0.29) is 17.3 Å². The Morgan fingerprint density at radius 3 is 2.90 bits per heavy atom. The maximum atomic E-state index is 11.7. The van der Waals surface area contributed by atoms with E-state index in [1.165, 1.54) is 0 Å². The number of pyridine rings is 1. The van der Waals surface area contributed by atoms with Crippen molar-refractivity contribution in [2.75, 3.05) is 29.5 Å². The Morgan fingerprint density at radius 2 is 2.20 bits per heavy atom. The van der Waals surface area contributed by atoms with E-state index in [4.69, 9.17) is 10.9 Å².